The molecule has 5 aromatic rings. The van der Waals surface area contributed by atoms with Crippen LogP contribution in [0, 0.1) is 0 Å². The molecule has 0 aliphatic carbocycles. The number of para-hydroxylation sites is 2. The van der Waals surface area contributed by atoms with Crippen LogP contribution in [0.3, 0.4) is 0 Å². The number of esters is 1. The predicted octanol–water partition coefficient (Wildman–Crippen LogP) is 5.08. The number of ether oxygens (including phenoxy) is 1. The lowest BCUT2D eigenvalue weighted by Crippen LogP contribution is -2.18. The number of carbonyl (C=O) groups is 1. The van der Waals surface area contributed by atoms with E-state index in [2.05, 4.69) is 4.98 Å². The number of aromatic nitrogens is 2. The maximum Gasteiger partial charge on any atom is 0.326 e. The Morgan fingerprint density at radius 2 is 1.67 bits per heavy atom. The molecule has 148 valence electrons. The Balaban J connectivity index is 1.41. The van der Waals surface area contributed by atoms with Crippen LogP contribution in [0.1, 0.15) is 5.69 Å². The Labute approximate surface area is 179 Å². The first-order valence-electron chi connectivity index (χ1n) is 9.33. The minimum atomic E-state index is -0.376. The minimum Gasteiger partial charge on any atom is -0.458 e. The second-order valence-corrected chi connectivity index (χ2v) is 8.40. The molecule has 0 atom stereocenters. The zero-order chi connectivity index (χ0) is 20.5. The van der Waals surface area contributed by atoms with Gasteiger partial charge in [0, 0.05) is 27.1 Å². The molecule has 5 rings (SSSR count). The van der Waals surface area contributed by atoms with Crippen LogP contribution in [0.25, 0.3) is 32.4 Å². The number of nitrogens with zero attached hydrogens (tertiary/aromatic N) is 2. The summed E-state index contributed by atoms with van der Waals surface area (Å²) in [5.74, 6) is -0.376. The monoisotopic (exact) mass is 432 g/mol. The van der Waals surface area contributed by atoms with Crippen molar-refractivity contribution in [2.24, 2.45) is 0 Å². The quantitative estimate of drug-likeness (QED) is 0.287. The van der Waals surface area contributed by atoms with Gasteiger partial charge in [-0.25, -0.2) is 4.98 Å². The van der Waals surface area contributed by atoms with Gasteiger partial charge in [-0.1, -0.05) is 24.3 Å². The maximum absolute atomic E-state index is 12.8. The van der Waals surface area contributed by atoms with E-state index in [-0.39, 0.29) is 24.5 Å². The summed E-state index contributed by atoms with van der Waals surface area (Å²) in [6, 6.07) is 16.7. The predicted molar refractivity (Wildman–Crippen MR) is 121 cm³/mol. The van der Waals surface area contributed by atoms with Crippen LogP contribution in [0.2, 0.25) is 0 Å². The summed E-state index contributed by atoms with van der Waals surface area (Å²) in [6.07, 6.45) is 0. The van der Waals surface area contributed by atoms with Crippen molar-refractivity contribution in [2.45, 2.75) is 13.2 Å². The van der Waals surface area contributed by atoms with Crippen LogP contribution >= 0.6 is 22.7 Å². The van der Waals surface area contributed by atoms with Gasteiger partial charge >= 0.3 is 5.97 Å². The second kappa shape index (κ2) is 7.85. The van der Waals surface area contributed by atoms with E-state index in [1.54, 1.807) is 23.5 Å². The first-order valence-corrected chi connectivity index (χ1v) is 11.2. The van der Waals surface area contributed by atoms with E-state index in [0.717, 1.165) is 16.3 Å². The third kappa shape index (κ3) is 3.42. The number of hydrogen-bond acceptors (Lipinski definition) is 6. The highest BCUT2D eigenvalue weighted by molar-refractivity contribution is 7.14. The van der Waals surface area contributed by atoms with Crippen LogP contribution in [0.5, 0.6) is 0 Å². The molecule has 0 unspecified atom stereocenters. The topological polar surface area (TPSA) is 61.2 Å². The number of rotatable bonds is 5. The average Bonchev–Trinajstić information content (AvgIpc) is 3.47. The Morgan fingerprint density at radius 3 is 2.33 bits per heavy atom. The van der Waals surface area contributed by atoms with Crippen molar-refractivity contribution in [3.05, 3.63) is 86.7 Å². The van der Waals surface area contributed by atoms with Gasteiger partial charge in [-0.15, -0.1) is 11.3 Å². The van der Waals surface area contributed by atoms with Gasteiger partial charge in [0.25, 0.3) is 0 Å². The normalized spacial score (nSPS) is 11.2. The Morgan fingerprint density at radius 1 is 0.967 bits per heavy atom. The van der Waals surface area contributed by atoms with Crippen LogP contribution in [0.4, 0.5) is 0 Å². The molecule has 0 amide bonds. The van der Waals surface area contributed by atoms with Gasteiger partial charge in [-0.05, 0) is 35.7 Å². The summed E-state index contributed by atoms with van der Waals surface area (Å²) >= 11 is 3.15. The first-order chi connectivity index (χ1) is 14.7. The van der Waals surface area contributed by atoms with Crippen LogP contribution in [-0.2, 0) is 22.7 Å². The van der Waals surface area contributed by atoms with Crippen molar-refractivity contribution in [3.8, 4) is 10.6 Å². The average molecular weight is 433 g/mol. The van der Waals surface area contributed by atoms with Crippen molar-refractivity contribution in [1.29, 1.82) is 0 Å². The number of thiophene rings is 1. The molecule has 0 radical (unpaired) electrons. The largest absolute Gasteiger partial charge is 0.458 e. The summed E-state index contributed by atoms with van der Waals surface area (Å²) in [5.41, 5.74) is 3.20. The number of benzene rings is 2. The van der Waals surface area contributed by atoms with Gasteiger partial charge in [0.15, 0.2) is 5.43 Å². The van der Waals surface area contributed by atoms with Crippen molar-refractivity contribution < 1.29 is 9.53 Å². The molecule has 0 fully saturated rings. The first kappa shape index (κ1) is 18.7. The molecule has 3 aromatic heterocycles. The second-order valence-electron chi connectivity index (χ2n) is 6.77. The Bertz CT molecular complexity index is 1360. The lowest BCUT2D eigenvalue weighted by atomic mass is 10.1. The zero-order valence-electron chi connectivity index (χ0n) is 15.8. The van der Waals surface area contributed by atoms with Crippen LogP contribution < -0.4 is 5.43 Å². The highest BCUT2D eigenvalue weighted by Gasteiger charge is 2.14. The van der Waals surface area contributed by atoms with Gasteiger partial charge in [0.1, 0.15) is 18.2 Å². The molecule has 0 aliphatic heterocycles. The van der Waals surface area contributed by atoms with E-state index >= 15 is 0 Å². The Hall–Kier alpha value is -3.29. The van der Waals surface area contributed by atoms with E-state index in [1.165, 1.54) is 11.3 Å². The summed E-state index contributed by atoms with van der Waals surface area (Å²) in [6.45, 7) is 0.137. The summed E-state index contributed by atoms with van der Waals surface area (Å²) in [7, 11) is 0. The molecule has 7 heteroatoms. The molecule has 3 heterocycles. The molecule has 0 N–H and O–H groups in total. The lowest BCUT2D eigenvalue weighted by molar-refractivity contribution is -0.145. The molecule has 5 nitrogen and oxygen atoms in total. The van der Waals surface area contributed by atoms with Crippen molar-refractivity contribution in [3.63, 3.8) is 0 Å². The molecule has 2 aromatic carbocycles. The van der Waals surface area contributed by atoms with E-state index in [9.17, 15) is 9.59 Å². The van der Waals surface area contributed by atoms with E-state index in [0.29, 0.717) is 21.8 Å². The molecule has 0 aliphatic rings. The fourth-order valence-electron chi connectivity index (χ4n) is 3.47. The van der Waals surface area contributed by atoms with Crippen molar-refractivity contribution >= 4 is 50.4 Å². The van der Waals surface area contributed by atoms with E-state index < -0.39 is 0 Å². The summed E-state index contributed by atoms with van der Waals surface area (Å²) < 4.78 is 7.34. The van der Waals surface area contributed by atoms with Crippen LogP contribution in [-0.4, -0.2) is 15.5 Å². The molecular weight excluding hydrogens is 416 g/mol. The zero-order valence-corrected chi connectivity index (χ0v) is 17.4. The number of carbonyl (C=O) groups excluding carboxylic acids is 1. The summed E-state index contributed by atoms with van der Waals surface area (Å²) in [5, 5.41) is 8.05. The van der Waals surface area contributed by atoms with Gasteiger partial charge in [0.05, 0.1) is 16.7 Å². The highest BCUT2D eigenvalue weighted by Crippen LogP contribution is 2.26. The third-order valence-corrected chi connectivity index (χ3v) is 6.49. The van der Waals surface area contributed by atoms with E-state index in [1.807, 2.05) is 63.2 Å². The lowest BCUT2D eigenvalue weighted by Gasteiger charge is -2.14. The number of pyridine rings is 1. The number of fused-ring (bicyclic) bond motifs is 2. The maximum atomic E-state index is 12.8. The van der Waals surface area contributed by atoms with Crippen molar-refractivity contribution in [1.82, 2.24) is 9.55 Å². The summed E-state index contributed by atoms with van der Waals surface area (Å²) in [4.78, 5) is 30.0. The SMILES string of the molecule is O=C(Cn1c2ccccc2c(=O)c2ccccc21)OCc1csc(-c2ccsc2)n1. The van der Waals surface area contributed by atoms with Gasteiger partial charge in [-0.2, -0.15) is 11.3 Å². The van der Waals surface area contributed by atoms with Gasteiger partial charge < -0.3 is 9.30 Å². The fraction of sp³-hybridized carbons (Fsp3) is 0.0870. The fourth-order valence-corrected chi connectivity index (χ4v) is 4.98. The van der Waals surface area contributed by atoms with Gasteiger partial charge in [-0.3, -0.25) is 9.59 Å². The highest BCUT2D eigenvalue weighted by atomic mass is 32.1. The number of thiazole rings is 1. The standard InChI is InChI=1S/C23H16N2O3S2/c26-21(28-12-16-14-30-23(24-16)15-9-10-29-13-15)11-25-19-7-3-1-5-17(19)22(27)18-6-2-4-8-20(18)25/h1-10,13-14H,11-12H2. The smallest absolute Gasteiger partial charge is 0.326 e. The molecule has 0 bridgehead atoms. The number of hydrogen-bond donors (Lipinski definition) is 0. The molecule has 0 saturated heterocycles. The molecule has 30 heavy (non-hydrogen) atoms. The van der Waals surface area contributed by atoms with Gasteiger partial charge in [0.2, 0.25) is 0 Å². The molecule has 0 saturated carbocycles. The molecular formula is C23H16N2O3S2. The third-order valence-electron chi connectivity index (χ3n) is 4.87. The Kier molecular flexibility index (Phi) is 4.90. The minimum absolute atomic E-state index is 0.0167. The van der Waals surface area contributed by atoms with Crippen molar-refractivity contribution in [2.75, 3.05) is 0 Å². The van der Waals surface area contributed by atoms with Crippen LogP contribution in [0.15, 0.2) is 75.5 Å². The van der Waals surface area contributed by atoms with E-state index in [4.69, 9.17) is 4.74 Å². The molecule has 0 spiro atoms.